The van der Waals surface area contributed by atoms with Crippen LogP contribution in [0.15, 0.2) is 0 Å². The molecular formula is C26H51O8P. The summed E-state index contributed by atoms with van der Waals surface area (Å²) in [5, 5.41) is 0. The Labute approximate surface area is 213 Å². The van der Waals surface area contributed by atoms with E-state index in [1.807, 2.05) is 0 Å². The van der Waals surface area contributed by atoms with Gasteiger partial charge in [-0.2, -0.15) is 0 Å². The molecule has 0 aromatic rings. The highest BCUT2D eigenvalue weighted by molar-refractivity contribution is 7.46. The number of rotatable bonds is 24. The molecule has 0 unspecified atom stereocenters. The quantitative estimate of drug-likeness (QED) is 0.0801. The zero-order chi connectivity index (χ0) is 26.4. The third-order valence-electron chi connectivity index (χ3n) is 5.80. The Bertz CT molecular complexity index is 576. The Hall–Kier alpha value is -0.950. The van der Waals surface area contributed by atoms with Gasteiger partial charge in [-0.15, -0.1) is 0 Å². The highest BCUT2D eigenvalue weighted by Gasteiger charge is 2.22. The van der Waals surface area contributed by atoms with Crippen LogP contribution in [0.5, 0.6) is 0 Å². The fourth-order valence-electron chi connectivity index (χ4n) is 3.73. The van der Waals surface area contributed by atoms with Gasteiger partial charge in [0.15, 0.2) is 6.10 Å². The molecule has 0 saturated heterocycles. The maximum absolute atomic E-state index is 12.2. The predicted octanol–water partition coefficient (Wildman–Crippen LogP) is 6.86. The molecule has 9 heteroatoms. The second-order valence-electron chi connectivity index (χ2n) is 9.86. The number of carbonyl (C=O) groups is 2. The van der Waals surface area contributed by atoms with Gasteiger partial charge in [0.25, 0.3) is 0 Å². The van der Waals surface area contributed by atoms with Crippen molar-refractivity contribution in [2.75, 3.05) is 13.2 Å². The minimum Gasteiger partial charge on any atom is -0.462 e. The van der Waals surface area contributed by atoms with E-state index in [2.05, 4.69) is 25.3 Å². The second kappa shape index (κ2) is 22.3. The summed E-state index contributed by atoms with van der Waals surface area (Å²) in [6.45, 7) is 5.84. The Morgan fingerprint density at radius 2 is 1.20 bits per heavy atom. The van der Waals surface area contributed by atoms with Gasteiger partial charge < -0.3 is 19.3 Å². The molecule has 0 saturated carbocycles. The van der Waals surface area contributed by atoms with E-state index in [-0.39, 0.29) is 19.4 Å². The number of ether oxygens (including phenoxy) is 2. The number of esters is 2. The highest BCUT2D eigenvalue weighted by atomic mass is 31.2. The normalized spacial score (nSPS) is 12.6. The highest BCUT2D eigenvalue weighted by Crippen LogP contribution is 2.35. The zero-order valence-corrected chi connectivity index (χ0v) is 23.3. The summed E-state index contributed by atoms with van der Waals surface area (Å²) in [6, 6.07) is 0. The first-order valence-electron chi connectivity index (χ1n) is 13.7. The summed E-state index contributed by atoms with van der Waals surface area (Å²) in [5.74, 6) is -0.140. The summed E-state index contributed by atoms with van der Waals surface area (Å²) in [7, 11) is -4.72. The van der Waals surface area contributed by atoms with Crippen molar-refractivity contribution >= 4 is 19.8 Å². The van der Waals surface area contributed by atoms with E-state index in [0.717, 1.165) is 44.4 Å². The summed E-state index contributed by atoms with van der Waals surface area (Å²) >= 11 is 0. The van der Waals surface area contributed by atoms with E-state index >= 15 is 0 Å². The van der Waals surface area contributed by atoms with E-state index in [4.69, 9.17) is 19.3 Å². The number of hydrogen-bond acceptors (Lipinski definition) is 6. The van der Waals surface area contributed by atoms with Gasteiger partial charge >= 0.3 is 19.8 Å². The zero-order valence-electron chi connectivity index (χ0n) is 22.4. The van der Waals surface area contributed by atoms with Crippen LogP contribution in [0.1, 0.15) is 130 Å². The Morgan fingerprint density at radius 3 is 1.71 bits per heavy atom. The van der Waals surface area contributed by atoms with E-state index in [9.17, 15) is 14.2 Å². The monoisotopic (exact) mass is 522 g/mol. The minimum atomic E-state index is -4.72. The van der Waals surface area contributed by atoms with Crippen molar-refractivity contribution < 1.29 is 37.9 Å². The van der Waals surface area contributed by atoms with Gasteiger partial charge in [0, 0.05) is 12.8 Å². The van der Waals surface area contributed by atoms with Gasteiger partial charge in [-0.3, -0.25) is 14.1 Å². The largest absolute Gasteiger partial charge is 0.469 e. The summed E-state index contributed by atoms with van der Waals surface area (Å²) in [6.07, 6.45) is 15.9. The molecule has 0 amide bonds. The van der Waals surface area contributed by atoms with Crippen LogP contribution in [-0.2, 0) is 28.2 Å². The van der Waals surface area contributed by atoms with Crippen molar-refractivity contribution in [3.63, 3.8) is 0 Å². The van der Waals surface area contributed by atoms with Crippen molar-refractivity contribution in [3.8, 4) is 0 Å². The van der Waals surface area contributed by atoms with Gasteiger partial charge in [-0.05, 0) is 18.8 Å². The molecule has 1 atom stereocenters. The molecule has 0 rings (SSSR count). The van der Waals surface area contributed by atoms with Crippen LogP contribution in [0.4, 0.5) is 0 Å². The molecule has 0 aromatic carbocycles. The first-order chi connectivity index (χ1) is 16.6. The van der Waals surface area contributed by atoms with E-state index in [1.54, 1.807) is 0 Å². The summed E-state index contributed by atoms with van der Waals surface area (Å²) in [4.78, 5) is 42.0. The van der Waals surface area contributed by atoms with Crippen molar-refractivity contribution in [3.05, 3.63) is 0 Å². The van der Waals surface area contributed by atoms with Crippen LogP contribution < -0.4 is 0 Å². The molecule has 208 valence electrons. The molecular weight excluding hydrogens is 471 g/mol. The lowest BCUT2D eigenvalue weighted by Gasteiger charge is -2.18. The van der Waals surface area contributed by atoms with Crippen LogP contribution in [0.25, 0.3) is 0 Å². The van der Waals surface area contributed by atoms with Crippen LogP contribution in [-0.4, -0.2) is 41.0 Å². The van der Waals surface area contributed by atoms with Crippen LogP contribution in [0, 0.1) is 5.92 Å². The molecule has 0 spiro atoms. The topological polar surface area (TPSA) is 119 Å². The molecule has 8 nitrogen and oxygen atoms in total. The molecule has 0 aliphatic rings. The maximum Gasteiger partial charge on any atom is 0.469 e. The number of unbranched alkanes of at least 4 members (excludes halogenated alkanes) is 12. The summed E-state index contributed by atoms with van der Waals surface area (Å²) in [5.41, 5.74) is 0. The predicted molar refractivity (Wildman–Crippen MR) is 138 cm³/mol. The Morgan fingerprint density at radius 1 is 0.714 bits per heavy atom. The van der Waals surface area contributed by atoms with Crippen LogP contribution >= 0.6 is 7.82 Å². The molecule has 0 bridgehead atoms. The third kappa shape index (κ3) is 25.9. The molecule has 35 heavy (non-hydrogen) atoms. The average molecular weight is 523 g/mol. The van der Waals surface area contributed by atoms with Gasteiger partial charge in [0.2, 0.25) is 0 Å². The number of hydrogen-bond donors (Lipinski definition) is 2. The Kier molecular flexibility index (Phi) is 21.7. The summed E-state index contributed by atoms with van der Waals surface area (Å²) < 4.78 is 25.9. The lowest BCUT2D eigenvalue weighted by molar-refractivity contribution is -0.161. The van der Waals surface area contributed by atoms with Crippen LogP contribution in [0.3, 0.4) is 0 Å². The number of phosphoric ester groups is 1. The average Bonchev–Trinajstić information content (AvgIpc) is 2.78. The molecule has 0 radical (unpaired) electrons. The molecule has 0 heterocycles. The first kappa shape index (κ1) is 34.0. The van der Waals surface area contributed by atoms with Gasteiger partial charge in [-0.25, -0.2) is 4.57 Å². The van der Waals surface area contributed by atoms with Crippen molar-refractivity contribution in [1.29, 1.82) is 0 Å². The van der Waals surface area contributed by atoms with Gasteiger partial charge in [-0.1, -0.05) is 104 Å². The lowest BCUT2D eigenvalue weighted by Crippen LogP contribution is -2.29. The van der Waals surface area contributed by atoms with Crippen molar-refractivity contribution in [2.24, 2.45) is 5.92 Å². The third-order valence-corrected chi connectivity index (χ3v) is 6.29. The fraction of sp³-hybridized carbons (Fsp3) is 0.923. The maximum atomic E-state index is 12.2. The fourth-order valence-corrected chi connectivity index (χ4v) is 4.09. The van der Waals surface area contributed by atoms with E-state index in [0.29, 0.717) is 6.42 Å². The first-order valence-corrected chi connectivity index (χ1v) is 15.2. The molecule has 2 N–H and O–H groups in total. The number of phosphoric acid groups is 1. The van der Waals surface area contributed by atoms with Gasteiger partial charge in [0.1, 0.15) is 6.61 Å². The van der Waals surface area contributed by atoms with E-state index < -0.39 is 32.5 Å². The molecule has 0 aromatic heterocycles. The number of carbonyl (C=O) groups excluding carboxylic acids is 2. The minimum absolute atomic E-state index is 0.214. The van der Waals surface area contributed by atoms with E-state index in [1.165, 1.54) is 51.4 Å². The molecule has 0 fully saturated rings. The van der Waals surface area contributed by atoms with Crippen molar-refractivity contribution in [2.45, 2.75) is 136 Å². The van der Waals surface area contributed by atoms with Crippen molar-refractivity contribution in [1.82, 2.24) is 0 Å². The SMILES string of the molecule is CCCCCCCCCC(=O)OC[C@H](COP(=O)(O)O)OC(=O)CCCCCCCCCC(C)C. The molecule has 0 aliphatic carbocycles. The lowest BCUT2D eigenvalue weighted by atomic mass is 10.0. The van der Waals surface area contributed by atoms with Crippen LogP contribution in [0.2, 0.25) is 0 Å². The van der Waals surface area contributed by atoms with Gasteiger partial charge in [0.05, 0.1) is 6.61 Å². The second-order valence-corrected chi connectivity index (χ2v) is 11.1. The molecule has 0 aliphatic heterocycles. The standard InChI is InChI=1S/C26H51O8P/c1-4-5-6-7-9-13-16-19-25(27)32-21-24(22-33-35(29,30)31)34-26(28)20-17-14-11-8-10-12-15-18-23(2)3/h23-24H,4-22H2,1-3H3,(H2,29,30,31)/t24-/m1/s1. The Balaban J connectivity index is 4.12. The smallest absolute Gasteiger partial charge is 0.462 e.